The first kappa shape index (κ1) is 16.7. The summed E-state index contributed by atoms with van der Waals surface area (Å²) in [7, 11) is 0. The minimum atomic E-state index is -0.165. The van der Waals surface area contributed by atoms with E-state index in [0.717, 1.165) is 27.6 Å². The van der Waals surface area contributed by atoms with Gasteiger partial charge in [0.1, 0.15) is 10.7 Å². The van der Waals surface area contributed by atoms with Gasteiger partial charge in [-0.1, -0.05) is 41.1 Å². The highest BCUT2D eigenvalue weighted by Crippen LogP contribution is 2.26. The van der Waals surface area contributed by atoms with Crippen LogP contribution in [0.15, 0.2) is 48.7 Å². The number of pyridine rings is 1. The van der Waals surface area contributed by atoms with E-state index in [9.17, 15) is 4.79 Å². The van der Waals surface area contributed by atoms with Crippen LogP contribution in [0.2, 0.25) is 5.02 Å². The summed E-state index contributed by atoms with van der Waals surface area (Å²) in [5.74, 6) is -0.165. The van der Waals surface area contributed by atoms with Crippen LogP contribution in [0.4, 0.5) is 5.13 Å². The number of anilines is 1. The van der Waals surface area contributed by atoms with Gasteiger partial charge in [0.25, 0.3) is 0 Å². The number of carbonyl (C=O) groups is 1. The number of halogens is 1. The van der Waals surface area contributed by atoms with Crippen molar-refractivity contribution < 1.29 is 4.79 Å². The quantitative estimate of drug-likeness (QED) is 0.578. The summed E-state index contributed by atoms with van der Waals surface area (Å²) in [6.07, 6.45) is 2.07. The second kappa shape index (κ2) is 6.86. The molecule has 4 aromatic rings. The van der Waals surface area contributed by atoms with Crippen LogP contribution >= 0.6 is 22.9 Å². The van der Waals surface area contributed by atoms with Gasteiger partial charge in [-0.25, -0.2) is 4.98 Å². The maximum Gasteiger partial charge on any atom is 0.232 e. The lowest BCUT2D eigenvalue weighted by Crippen LogP contribution is -2.16. The molecule has 0 aliphatic carbocycles. The summed E-state index contributed by atoms with van der Waals surface area (Å²) in [5.41, 5.74) is 3.26. The Bertz CT molecular complexity index is 1090. The van der Waals surface area contributed by atoms with E-state index in [1.165, 1.54) is 11.3 Å². The van der Waals surface area contributed by atoms with Gasteiger partial charge < -0.3 is 9.72 Å². The molecule has 26 heavy (non-hydrogen) atoms. The summed E-state index contributed by atoms with van der Waals surface area (Å²) < 4.78 is 1.93. The molecule has 3 aromatic heterocycles. The molecule has 0 atom stereocenters. The van der Waals surface area contributed by atoms with Gasteiger partial charge in [0, 0.05) is 16.8 Å². The van der Waals surface area contributed by atoms with Crippen molar-refractivity contribution in [2.24, 2.45) is 0 Å². The molecule has 0 bridgehead atoms. The second-order valence-electron chi connectivity index (χ2n) is 5.69. The first-order valence-corrected chi connectivity index (χ1v) is 9.11. The number of imidazole rings is 1. The van der Waals surface area contributed by atoms with Gasteiger partial charge in [0.15, 0.2) is 0 Å². The van der Waals surface area contributed by atoms with Crippen molar-refractivity contribution in [2.75, 3.05) is 5.32 Å². The fourth-order valence-electron chi connectivity index (χ4n) is 2.72. The molecular formula is C18H14ClN5OS. The van der Waals surface area contributed by atoms with Gasteiger partial charge in [-0.3, -0.25) is 4.79 Å². The molecule has 6 nitrogen and oxygen atoms in total. The zero-order valence-electron chi connectivity index (χ0n) is 13.8. The molecule has 0 unspecified atom stereocenters. The number of nitrogens with zero attached hydrogens (tertiary/aromatic N) is 4. The maximum absolute atomic E-state index is 12.5. The van der Waals surface area contributed by atoms with Gasteiger partial charge in [0.2, 0.25) is 11.0 Å². The fourth-order valence-corrected chi connectivity index (χ4v) is 3.45. The number of amides is 1. The Morgan fingerprint density at radius 3 is 2.73 bits per heavy atom. The molecule has 1 amide bonds. The number of aryl methyl sites for hydroxylation is 1. The summed E-state index contributed by atoms with van der Waals surface area (Å²) in [4.78, 5) is 17.2. The first-order valence-electron chi connectivity index (χ1n) is 7.92. The van der Waals surface area contributed by atoms with Crippen molar-refractivity contribution >= 4 is 39.6 Å². The van der Waals surface area contributed by atoms with Crippen LogP contribution in [0, 0.1) is 6.92 Å². The molecule has 0 spiro atoms. The summed E-state index contributed by atoms with van der Waals surface area (Å²) in [6, 6.07) is 13.2. The molecule has 0 saturated heterocycles. The zero-order valence-corrected chi connectivity index (χ0v) is 15.4. The highest BCUT2D eigenvalue weighted by atomic mass is 35.5. The van der Waals surface area contributed by atoms with E-state index in [2.05, 4.69) is 15.5 Å². The third kappa shape index (κ3) is 3.31. The number of benzene rings is 1. The van der Waals surface area contributed by atoms with Gasteiger partial charge in [-0.15, -0.1) is 10.2 Å². The molecule has 0 aliphatic rings. The Hall–Kier alpha value is -2.77. The highest BCUT2D eigenvalue weighted by molar-refractivity contribution is 7.15. The standard InChI is InChI=1S/C18H14ClN5OS/c1-11-22-23-18(26-11)21-16(25)10-14-17(12-5-7-13(19)8-6-12)20-15-4-2-3-9-24(14)15/h2-9H,10H2,1H3,(H,21,23,25). The molecule has 0 fully saturated rings. The molecule has 0 radical (unpaired) electrons. The van der Waals surface area contributed by atoms with Crippen LogP contribution in [0.5, 0.6) is 0 Å². The van der Waals surface area contributed by atoms with E-state index >= 15 is 0 Å². The minimum Gasteiger partial charge on any atom is -0.303 e. The third-order valence-corrected chi connectivity index (χ3v) is 4.85. The number of rotatable bonds is 4. The van der Waals surface area contributed by atoms with E-state index in [4.69, 9.17) is 16.6 Å². The third-order valence-electron chi connectivity index (χ3n) is 3.85. The maximum atomic E-state index is 12.5. The van der Waals surface area contributed by atoms with E-state index in [1.807, 2.05) is 60.0 Å². The van der Waals surface area contributed by atoms with E-state index in [1.54, 1.807) is 0 Å². The van der Waals surface area contributed by atoms with Crippen LogP contribution < -0.4 is 5.32 Å². The van der Waals surface area contributed by atoms with Crippen LogP contribution in [-0.2, 0) is 11.2 Å². The average molecular weight is 384 g/mol. The highest BCUT2D eigenvalue weighted by Gasteiger charge is 2.17. The Morgan fingerprint density at radius 2 is 2.00 bits per heavy atom. The molecule has 3 heterocycles. The largest absolute Gasteiger partial charge is 0.303 e. The molecule has 0 aliphatic heterocycles. The number of fused-ring (bicyclic) bond motifs is 1. The van der Waals surface area contributed by atoms with Crippen LogP contribution in [0.1, 0.15) is 10.7 Å². The van der Waals surface area contributed by atoms with Crippen molar-refractivity contribution in [3.8, 4) is 11.3 Å². The van der Waals surface area contributed by atoms with E-state index in [-0.39, 0.29) is 12.3 Å². The van der Waals surface area contributed by atoms with E-state index in [0.29, 0.717) is 10.2 Å². The number of hydrogen-bond acceptors (Lipinski definition) is 5. The lowest BCUT2D eigenvalue weighted by atomic mass is 10.1. The van der Waals surface area contributed by atoms with Crippen LogP contribution in [0.3, 0.4) is 0 Å². The van der Waals surface area contributed by atoms with Crippen LogP contribution in [0.25, 0.3) is 16.9 Å². The molecule has 0 saturated carbocycles. The summed E-state index contributed by atoms with van der Waals surface area (Å²) >= 11 is 7.34. The Kier molecular flexibility index (Phi) is 4.40. The normalized spacial score (nSPS) is 11.0. The molecule has 8 heteroatoms. The number of nitrogens with one attached hydrogen (secondary N) is 1. The summed E-state index contributed by atoms with van der Waals surface area (Å²) in [6.45, 7) is 1.84. The number of carbonyl (C=O) groups excluding carboxylic acids is 1. The van der Waals surface area contributed by atoms with Gasteiger partial charge in [0.05, 0.1) is 17.8 Å². The smallest absolute Gasteiger partial charge is 0.232 e. The lowest BCUT2D eigenvalue weighted by molar-refractivity contribution is -0.115. The Labute approximate surface area is 158 Å². The van der Waals surface area contributed by atoms with Gasteiger partial charge >= 0.3 is 0 Å². The van der Waals surface area contributed by atoms with Crippen molar-refractivity contribution in [2.45, 2.75) is 13.3 Å². The topological polar surface area (TPSA) is 72.2 Å². The van der Waals surface area contributed by atoms with Crippen LogP contribution in [-0.4, -0.2) is 25.5 Å². The van der Waals surface area contributed by atoms with Crippen molar-refractivity contribution in [1.82, 2.24) is 19.6 Å². The number of hydrogen-bond donors (Lipinski definition) is 1. The average Bonchev–Trinajstić information content (AvgIpc) is 3.19. The minimum absolute atomic E-state index is 0.165. The fraction of sp³-hybridized carbons (Fsp3) is 0.111. The number of aromatic nitrogens is 4. The first-order chi connectivity index (χ1) is 12.6. The van der Waals surface area contributed by atoms with Crippen molar-refractivity contribution in [3.05, 3.63) is 64.4 Å². The Morgan fingerprint density at radius 1 is 1.19 bits per heavy atom. The monoisotopic (exact) mass is 383 g/mol. The van der Waals surface area contributed by atoms with Gasteiger partial charge in [-0.05, 0) is 31.2 Å². The van der Waals surface area contributed by atoms with Crippen molar-refractivity contribution in [1.29, 1.82) is 0 Å². The predicted octanol–water partition coefficient (Wildman–Crippen LogP) is 4.00. The van der Waals surface area contributed by atoms with Gasteiger partial charge in [-0.2, -0.15) is 0 Å². The SMILES string of the molecule is Cc1nnc(NC(=O)Cc2c(-c3ccc(Cl)cc3)nc3ccccn23)s1. The van der Waals surface area contributed by atoms with Crippen molar-refractivity contribution in [3.63, 3.8) is 0 Å². The molecule has 4 rings (SSSR count). The molecular weight excluding hydrogens is 370 g/mol. The summed E-state index contributed by atoms with van der Waals surface area (Å²) in [5, 5.41) is 12.6. The lowest BCUT2D eigenvalue weighted by Gasteiger charge is -2.05. The molecule has 130 valence electrons. The second-order valence-corrected chi connectivity index (χ2v) is 7.31. The van der Waals surface area contributed by atoms with E-state index < -0.39 is 0 Å². The molecule has 1 aromatic carbocycles. The Balaban J connectivity index is 1.71. The predicted molar refractivity (Wildman–Crippen MR) is 103 cm³/mol. The zero-order chi connectivity index (χ0) is 18.1. The molecule has 1 N–H and O–H groups in total.